The van der Waals surface area contributed by atoms with E-state index in [1.165, 1.54) is 51.4 Å². The van der Waals surface area contributed by atoms with Crippen LogP contribution in [-0.4, -0.2) is 12.6 Å². The van der Waals surface area contributed by atoms with Gasteiger partial charge in [0.15, 0.2) is 0 Å². The number of aryl methyl sites for hydroxylation is 1. The minimum Gasteiger partial charge on any atom is -0.313 e. The van der Waals surface area contributed by atoms with Crippen LogP contribution in [-0.2, 0) is 6.42 Å². The molecule has 0 radical (unpaired) electrons. The highest BCUT2D eigenvalue weighted by Gasteiger charge is 2.37. The van der Waals surface area contributed by atoms with E-state index in [0.717, 1.165) is 24.3 Å². The summed E-state index contributed by atoms with van der Waals surface area (Å²) in [5.74, 6) is 2.63. The summed E-state index contributed by atoms with van der Waals surface area (Å²) in [6.45, 7) is 5.81. The first-order chi connectivity index (χ1) is 10.3. The van der Waals surface area contributed by atoms with Crippen molar-refractivity contribution in [3.63, 3.8) is 0 Å². The average Bonchev–Trinajstić information content (AvgIpc) is 3.01. The predicted molar refractivity (Wildman–Crippen MR) is 93.2 cm³/mol. The van der Waals surface area contributed by atoms with Crippen molar-refractivity contribution in [1.29, 1.82) is 0 Å². The van der Waals surface area contributed by atoms with Crippen molar-refractivity contribution in [3.8, 4) is 0 Å². The molecule has 0 aromatic carbocycles. The topological polar surface area (TPSA) is 12.0 Å². The summed E-state index contributed by atoms with van der Waals surface area (Å²) in [4.78, 5) is 1.68. The molecule has 4 atom stereocenters. The molecule has 0 amide bonds. The SMILES string of the molecule is CCNC(C1CCCc2sccc21)C1CCCCC1CC. The summed E-state index contributed by atoms with van der Waals surface area (Å²) in [5, 5.41) is 6.25. The summed E-state index contributed by atoms with van der Waals surface area (Å²) in [6.07, 6.45) is 11.3. The molecule has 0 aliphatic heterocycles. The Morgan fingerprint density at radius 3 is 2.86 bits per heavy atom. The molecule has 4 unspecified atom stereocenters. The van der Waals surface area contributed by atoms with Gasteiger partial charge in [-0.15, -0.1) is 11.3 Å². The van der Waals surface area contributed by atoms with Crippen molar-refractivity contribution in [3.05, 3.63) is 21.9 Å². The van der Waals surface area contributed by atoms with E-state index < -0.39 is 0 Å². The lowest BCUT2D eigenvalue weighted by Gasteiger charge is -2.42. The van der Waals surface area contributed by atoms with Crippen LogP contribution in [0.5, 0.6) is 0 Å². The third-order valence-corrected chi connectivity index (χ3v) is 6.92. The van der Waals surface area contributed by atoms with Crippen LogP contribution in [0, 0.1) is 11.8 Å². The third-order valence-electron chi connectivity index (χ3n) is 5.93. The van der Waals surface area contributed by atoms with Gasteiger partial charge in [-0.05, 0) is 61.1 Å². The molecule has 1 fully saturated rings. The van der Waals surface area contributed by atoms with Gasteiger partial charge in [0.2, 0.25) is 0 Å². The second-order valence-corrected chi connectivity index (χ2v) is 8.00. The maximum absolute atomic E-state index is 3.92. The van der Waals surface area contributed by atoms with Gasteiger partial charge < -0.3 is 5.32 Å². The number of hydrogen-bond donors (Lipinski definition) is 1. The van der Waals surface area contributed by atoms with Gasteiger partial charge in [-0.2, -0.15) is 0 Å². The highest BCUT2D eigenvalue weighted by Crippen LogP contribution is 2.44. The van der Waals surface area contributed by atoms with Crippen LogP contribution in [0.2, 0.25) is 0 Å². The van der Waals surface area contributed by atoms with Crippen molar-refractivity contribution >= 4 is 11.3 Å². The van der Waals surface area contributed by atoms with Crippen LogP contribution in [0.1, 0.15) is 75.2 Å². The Hall–Kier alpha value is -0.340. The minimum absolute atomic E-state index is 0.717. The minimum atomic E-state index is 0.717. The lowest BCUT2D eigenvalue weighted by Crippen LogP contribution is -2.45. The number of likely N-dealkylation sites (N-methyl/N-ethyl adjacent to an activating group) is 1. The fraction of sp³-hybridized carbons (Fsp3) is 0.789. The van der Waals surface area contributed by atoms with Gasteiger partial charge >= 0.3 is 0 Å². The Morgan fingerprint density at radius 1 is 1.19 bits per heavy atom. The zero-order valence-corrected chi connectivity index (χ0v) is 14.6. The maximum atomic E-state index is 3.92. The Kier molecular flexibility index (Phi) is 5.39. The zero-order chi connectivity index (χ0) is 14.7. The third kappa shape index (κ3) is 3.22. The van der Waals surface area contributed by atoms with Crippen LogP contribution in [0.25, 0.3) is 0 Å². The molecule has 2 aliphatic carbocycles. The average molecular weight is 306 g/mol. The summed E-state index contributed by atoms with van der Waals surface area (Å²) in [7, 11) is 0. The van der Waals surface area contributed by atoms with Gasteiger partial charge in [0, 0.05) is 16.8 Å². The molecule has 21 heavy (non-hydrogen) atoms. The Bertz CT molecular complexity index is 439. The predicted octanol–water partition coefficient (Wildman–Crippen LogP) is 5.36. The Labute approximate surface area is 134 Å². The van der Waals surface area contributed by atoms with Crippen molar-refractivity contribution < 1.29 is 0 Å². The summed E-state index contributed by atoms with van der Waals surface area (Å²) >= 11 is 1.99. The Morgan fingerprint density at radius 2 is 2.05 bits per heavy atom. The van der Waals surface area contributed by atoms with Crippen LogP contribution < -0.4 is 5.32 Å². The number of rotatable bonds is 5. The second kappa shape index (κ2) is 7.28. The van der Waals surface area contributed by atoms with Crippen LogP contribution in [0.4, 0.5) is 0 Å². The van der Waals surface area contributed by atoms with E-state index in [1.807, 2.05) is 11.3 Å². The van der Waals surface area contributed by atoms with E-state index >= 15 is 0 Å². The van der Waals surface area contributed by atoms with E-state index in [1.54, 1.807) is 10.4 Å². The molecule has 118 valence electrons. The molecular formula is C19H31NS. The van der Waals surface area contributed by atoms with Gasteiger partial charge in [0.05, 0.1) is 0 Å². The first-order valence-corrected chi connectivity index (χ1v) is 10.0. The molecule has 1 saturated carbocycles. The van der Waals surface area contributed by atoms with Crippen LogP contribution in [0.15, 0.2) is 11.4 Å². The molecular weight excluding hydrogens is 274 g/mol. The van der Waals surface area contributed by atoms with E-state index in [0.29, 0.717) is 6.04 Å². The summed E-state index contributed by atoms with van der Waals surface area (Å²) in [5.41, 5.74) is 1.69. The number of fused-ring (bicyclic) bond motifs is 1. The normalized spacial score (nSPS) is 30.9. The van der Waals surface area contributed by atoms with Gasteiger partial charge in [-0.1, -0.05) is 39.5 Å². The number of hydrogen-bond acceptors (Lipinski definition) is 2. The van der Waals surface area contributed by atoms with E-state index in [4.69, 9.17) is 0 Å². The fourth-order valence-electron chi connectivity index (χ4n) is 4.94. The summed E-state index contributed by atoms with van der Waals surface area (Å²) < 4.78 is 0. The highest BCUT2D eigenvalue weighted by molar-refractivity contribution is 7.10. The lowest BCUT2D eigenvalue weighted by atomic mass is 9.68. The fourth-order valence-corrected chi connectivity index (χ4v) is 5.94. The van der Waals surface area contributed by atoms with E-state index in [-0.39, 0.29) is 0 Å². The highest BCUT2D eigenvalue weighted by atomic mass is 32.1. The zero-order valence-electron chi connectivity index (χ0n) is 13.7. The van der Waals surface area contributed by atoms with Crippen molar-refractivity contribution in [2.75, 3.05) is 6.54 Å². The molecule has 1 heterocycles. The molecule has 2 aliphatic rings. The van der Waals surface area contributed by atoms with Crippen LogP contribution >= 0.6 is 11.3 Å². The quantitative estimate of drug-likeness (QED) is 0.772. The van der Waals surface area contributed by atoms with Gasteiger partial charge in [-0.25, -0.2) is 0 Å². The standard InChI is InChI=1S/C19H31NS/c1-3-14-8-5-6-9-15(14)19(20-4-2)17-10-7-11-18-16(17)12-13-21-18/h12-15,17,19-20H,3-11H2,1-2H3. The smallest absolute Gasteiger partial charge is 0.0167 e. The number of thiophene rings is 1. The van der Waals surface area contributed by atoms with Gasteiger partial charge in [0.25, 0.3) is 0 Å². The van der Waals surface area contributed by atoms with Gasteiger partial charge in [0.1, 0.15) is 0 Å². The molecule has 2 heteroatoms. The van der Waals surface area contributed by atoms with Crippen molar-refractivity contribution in [1.82, 2.24) is 5.32 Å². The van der Waals surface area contributed by atoms with E-state index in [9.17, 15) is 0 Å². The first kappa shape index (κ1) is 15.6. The van der Waals surface area contributed by atoms with E-state index in [2.05, 4.69) is 30.6 Å². The Balaban J connectivity index is 1.84. The monoisotopic (exact) mass is 305 g/mol. The van der Waals surface area contributed by atoms with Gasteiger partial charge in [-0.3, -0.25) is 0 Å². The molecule has 1 N–H and O–H groups in total. The summed E-state index contributed by atoms with van der Waals surface area (Å²) in [6, 6.07) is 3.15. The molecule has 0 saturated heterocycles. The molecule has 0 spiro atoms. The maximum Gasteiger partial charge on any atom is 0.0167 e. The molecule has 1 aromatic heterocycles. The molecule has 1 nitrogen and oxygen atoms in total. The first-order valence-electron chi connectivity index (χ1n) is 9.14. The van der Waals surface area contributed by atoms with Crippen LogP contribution in [0.3, 0.4) is 0 Å². The van der Waals surface area contributed by atoms with Crippen molar-refractivity contribution in [2.24, 2.45) is 11.8 Å². The lowest BCUT2D eigenvalue weighted by molar-refractivity contribution is 0.153. The van der Waals surface area contributed by atoms with Crippen molar-refractivity contribution in [2.45, 2.75) is 77.2 Å². The second-order valence-electron chi connectivity index (χ2n) is 7.00. The largest absolute Gasteiger partial charge is 0.313 e. The number of nitrogens with one attached hydrogen (secondary N) is 1. The molecule has 3 rings (SSSR count). The molecule has 0 bridgehead atoms. The molecule has 1 aromatic rings.